The first-order chi connectivity index (χ1) is 7.70. The lowest BCUT2D eigenvalue weighted by molar-refractivity contribution is -0.140. The van der Waals surface area contributed by atoms with Crippen LogP contribution in [0.2, 0.25) is 0 Å². The molecular weight excluding hydrogens is 224 g/mol. The third-order valence-electron chi connectivity index (χ3n) is 3.05. The molecule has 0 spiro atoms. The molecule has 0 aliphatic rings. The van der Waals surface area contributed by atoms with E-state index >= 15 is 0 Å². The Morgan fingerprint density at radius 2 is 1.82 bits per heavy atom. The summed E-state index contributed by atoms with van der Waals surface area (Å²) in [7, 11) is 0. The van der Waals surface area contributed by atoms with Crippen LogP contribution in [0.5, 0.6) is 0 Å². The largest absolute Gasteiger partial charge is 0.480 e. The van der Waals surface area contributed by atoms with E-state index in [2.05, 4.69) is 10.6 Å². The fourth-order valence-corrected chi connectivity index (χ4v) is 0.907. The molecular formula is C11H22N2O4. The van der Waals surface area contributed by atoms with Gasteiger partial charge in [-0.15, -0.1) is 0 Å². The molecule has 4 N–H and O–H groups in total. The highest BCUT2D eigenvalue weighted by atomic mass is 16.4. The maximum absolute atomic E-state index is 11.4. The lowest BCUT2D eigenvalue weighted by Gasteiger charge is -2.29. The fraction of sp³-hybridized carbons (Fsp3) is 0.818. The monoisotopic (exact) mass is 246 g/mol. The molecule has 0 heterocycles. The second-order valence-corrected chi connectivity index (χ2v) is 5.04. The number of carbonyl (C=O) groups is 2. The minimum absolute atomic E-state index is 0.0741. The van der Waals surface area contributed by atoms with Gasteiger partial charge in [0.15, 0.2) is 6.04 Å². The van der Waals surface area contributed by atoms with Crippen molar-refractivity contribution in [3.05, 3.63) is 0 Å². The standard InChI is InChI=1S/C11H22N2O4/c1-7(2)11(3,4)6-12-10(17)13-8(5-14)9(15)16/h7-8,14H,5-6H2,1-4H3,(H,15,16)(H2,12,13,17)/t8-/m1/s1. The number of urea groups is 1. The first kappa shape index (κ1) is 15.7. The Kier molecular flexibility index (Phi) is 5.95. The molecule has 0 aliphatic carbocycles. The average Bonchev–Trinajstić information content (AvgIpc) is 2.22. The number of carbonyl (C=O) groups excluding carboxylic acids is 1. The number of aliphatic hydroxyl groups excluding tert-OH is 1. The van der Waals surface area contributed by atoms with Gasteiger partial charge in [-0.05, 0) is 11.3 Å². The zero-order chi connectivity index (χ0) is 13.6. The minimum atomic E-state index is -1.27. The Hall–Kier alpha value is -1.30. The van der Waals surface area contributed by atoms with Crippen LogP contribution < -0.4 is 10.6 Å². The van der Waals surface area contributed by atoms with Gasteiger partial charge in [-0.2, -0.15) is 0 Å². The summed E-state index contributed by atoms with van der Waals surface area (Å²) < 4.78 is 0. The summed E-state index contributed by atoms with van der Waals surface area (Å²) in [6.45, 7) is 7.93. The summed E-state index contributed by atoms with van der Waals surface area (Å²) in [6.07, 6.45) is 0. The first-order valence-corrected chi connectivity index (χ1v) is 5.58. The molecule has 0 fully saturated rings. The molecule has 6 heteroatoms. The zero-order valence-corrected chi connectivity index (χ0v) is 10.8. The van der Waals surface area contributed by atoms with Gasteiger partial charge in [-0.1, -0.05) is 27.7 Å². The molecule has 0 aliphatic heterocycles. The predicted octanol–water partition coefficient (Wildman–Crippen LogP) is 0.413. The maximum Gasteiger partial charge on any atom is 0.328 e. The van der Waals surface area contributed by atoms with E-state index < -0.39 is 24.6 Å². The average molecular weight is 246 g/mol. The summed E-state index contributed by atoms with van der Waals surface area (Å²) in [6, 6.07) is -1.85. The van der Waals surface area contributed by atoms with Crippen molar-refractivity contribution in [1.29, 1.82) is 0 Å². The molecule has 17 heavy (non-hydrogen) atoms. The van der Waals surface area contributed by atoms with Crippen LogP contribution in [0.4, 0.5) is 4.79 Å². The van der Waals surface area contributed by atoms with Crippen molar-refractivity contribution in [2.45, 2.75) is 33.7 Å². The Morgan fingerprint density at radius 3 is 2.18 bits per heavy atom. The molecule has 0 unspecified atom stereocenters. The van der Waals surface area contributed by atoms with Crippen LogP contribution in [0.15, 0.2) is 0 Å². The SMILES string of the molecule is CC(C)C(C)(C)CNC(=O)N[C@H](CO)C(=O)O. The van der Waals surface area contributed by atoms with Crippen molar-refractivity contribution in [2.75, 3.05) is 13.2 Å². The van der Waals surface area contributed by atoms with E-state index in [-0.39, 0.29) is 5.41 Å². The molecule has 0 radical (unpaired) electrons. The number of hydrogen-bond donors (Lipinski definition) is 4. The highest BCUT2D eigenvalue weighted by molar-refractivity contribution is 5.82. The topological polar surface area (TPSA) is 98.7 Å². The predicted molar refractivity (Wildman–Crippen MR) is 63.7 cm³/mol. The first-order valence-electron chi connectivity index (χ1n) is 5.58. The number of rotatable bonds is 6. The number of aliphatic hydroxyl groups is 1. The molecule has 0 aromatic rings. The van der Waals surface area contributed by atoms with E-state index in [1.807, 2.05) is 27.7 Å². The van der Waals surface area contributed by atoms with E-state index in [1.165, 1.54) is 0 Å². The van der Waals surface area contributed by atoms with E-state index in [4.69, 9.17) is 10.2 Å². The molecule has 2 amide bonds. The zero-order valence-electron chi connectivity index (χ0n) is 10.8. The number of carboxylic acids is 1. The molecule has 0 aromatic heterocycles. The second kappa shape index (κ2) is 6.44. The highest BCUT2D eigenvalue weighted by Crippen LogP contribution is 2.24. The maximum atomic E-state index is 11.4. The Labute approximate surface area is 101 Å². The van der Waals surface area contributed by atoms with Gasteiger partial charge in [0.25, 0.3) is 0 Å². The van der Waals surface area contributed by atoms with E-state index in [1.54, 1.807) is 0 Å². The van der Waals surface area contributed by atoms with Crippen molar-refractivity contribution < 1.29 is 19.8 Å². The number of hydrogen-bond acceptors (Lipinski definition) is 3. The van der Waals surface area contributed by atoms with Gasteiger partial charge in [-0.25, -0.2) is 9.59 Å². The van der Waals surface area contributed by atoms with Gasteiger partial charge in [0.05, 0.1) is 6.61 Å². The molecule has 0 aromatic carbocycles. The Morgan fingerprint density at radius 1 is 1.29 bits per heavy atom. The van der Waals surface area contributed by atoms with Crippen LogP contribution in [-0.2, 0) is 4.79 Å². The van der Waals surface area contributed by atoms with Crippen LogP contribution in [0.25, 0.3) is 0 Å². The van der Waals surface area contributed by atoms with Crippen LogP contribution >= 0.6 is 0 Å². The third kappa shape index (κ3) is 5.53. The molecule has 100 valence electrons. The normalized spacial score (nSPS) is 13.3. The number of nitrogens with one attached hydrogen (secondary N) is 2. The van der Waals surface area contributed by atoms with Crippen molar-refractivity contribution in [3.63, 3.8) is 0 Å². The summed E-state index contributed by atoms with van der Waals surface area (Å²) in [5.74, 6) is -0.873. The summed E-state index contributed by atoms with van der Waals surface area (Å²) in [4.78, 5) is 22.0. The third-order valence-corrected chi connectivity index (χ3v) is 3.05. The lowest BCUT2D eigenvalue weighted by Crippen LogP contribution is -2.50. The Bertz CT molecular complexity index is 277. The number of aliphatic carboxylic acids is 1. The lowest BCUT2D eigenvalue weighted by atomic mass is 9.81. The number of amides is 2. The van der Waals surface area contributed by atoms with Crippen molar-refractivity contribution in [2.24, 2.45) is 11.3 Å². The quantitative estimate of drug-likeness (QED) is 0.545. The molecule has 0 bridgehead atoms. The fourth-order valence-electron chi connectivity index (χ4n) is 0.907. The van der Waals surface area contributed by atoms with Gasteiger partial charge in [-0.3, -0.25) is 0 Å². The van der Waals surface area contributed by atoms with Crippen molar-refractivity contribution in [3.8, 4) is 0 Å². The van der Waals surface area contributed by atoms with Gasteiger partial charge in [0, 0.05) is 6.54 Å². The van der Waals surface area contributed by atoms with Gasteiger partial charge >= 0.3 is 12.0 Å². The van der Waals surface area contributed by atoms with Crippen LogP contribution in [-0.4, -0.2) is 41.4 Å². The number of carboxylic acid groups (broad SMARTS) is 1. The molecule has 0 saturated carbocycles. The van der Waals surface area contributed by atoms with E-state index in [0.29, 0.717) is 12.5 Å². The van der Waals surface area contributed by atoms with Crippen molar-refractivity contribution in [1.82, 2.24) is 10.6 Å². The van der Waals surface area contributed by atoms with E-state index in [9.17, 15) is 9.59 Å². The summed E-state index contributed by atoms with van der Waals surface area (Å²) in [5.41, 5.74) is -0.0741. The minimum Gasteiger partial charge on any atom is -0.480 e. The van der Waals surface area contributed by atoms with Crippen molar-refractivity contribution >= 4 is 12.0 Å². The molecule has 1 atom stereocenters. The summed E-state index contributed by atoms with van der Waals surface area (Å²) in [5, 5.41) is 22.2. The van der Waals surface area contributed by atoms with Crippen LogP contribution in [0.1, 0.15) is 27.7 Å². The van der Waals surface area contributed by atoms with Gasteiger partial charge in [0.2, 0.25) is 0 Å². The van der Waals surface area contributed by atoms with Crippen LogP contribution in [0, 0.1) is 11.3 Å². The van der Waals surface area contributed by atoms with Gasteiger partial charge in [0.1, 0.15) is 0 Å². The molecule has 6 nitrogen and oxygen atoms in total. The van der Waals surface area contributed by atoms with Gasteiger partial charge < -0.3 is 20.8 Å². The molecule has 0 rings (SSSR count). The smallest absolute Gasteiger partial charge is 0.328 e. The Balaban J connectivity index is 4.16. The van der Waals surface area contributed by atoms with E-state index in [0.717, 1.165) is 0 Å². The second-order valence-electron chi connectivity index (χ2n) is 5.04. The summed E-state index contributed by atoms with van der Waals surface area (Å²) >= 11 is 0. The highest BCUT2D eigenvalue weighted by Gasteiger charge is 2.24. The van der Waals surface area contributed by atoms with Crippen LogP contribution in [0.3, 0.4) is 0 Å². The molecule has 0 saturated heterocycles.